The highest BCUT2D eigenvalue weighted by Crippen LogP contribution is 2.38. The SMILES string of the molecule is Cc1cn(-c2cc(C(=O)Nc3ccc(C)c(N4CN=C(NC5CC5)c5sccc54)c3)cc(C(F)(F)F)c2)cn1. The lowest BCUT2D eigenvalue weighted by atomic mass is 10.1. The molecule has 39 heavy (non-hydrogen) atoms. The molecule has 0 bridgehead atoms. The number of anilines is 3. The van der Waals surface area contributed by atoms with Crippen LogP contribution in [0.25, 0.3) is 5.69 Å². The number of fused-ring (bicyclic) bond motifs is 1. The minimum absolute atomic E-state index is 0.105. The van der Waals surface area contributed by atoms with E-state index in [-0.39, 0.29) is 11.3 Å². The number of alkyl halides is 3. The van der Waals surface area contributed by atoms with Crippen LogP contribution in [0.2, 0.25) is 0 Å². The van der Waals surface area contributed by atoms with E-state index in [9.17, 15) is 18.0 Å². The number of amides is 1. The number of benzene rings is 2. The normalized spacial score (nSPS) is 15.1. The maximum absolute atomic E-state index is 13.7. The molecular formula is C28H25F3N6OS. The summed E-state index contributed by atoms with van der Waals surface area (Å²) in [6.07, 6.45) is 0.718. The molecule has 0 unspecified atom stereocenters. The van der Waals surface area contributed by atoms with Crippen molar-refractivity contribution in [3.8, 4) is 5.69 Å². The van der Waals surface area contributed by atoms with Crippen LogP contribution in [-0.4, -0.2) is 34.0 Å². The molecule has 6 rings (SSSR count). The largest absolute Gasteiger partial charge is 0.416 e. The molecule has 3 heterocycles. The number of nitrogens with zero attached hydrogens (tertiary/aromatic N) is 4. The van der Waals surface area contributed by atoms with Crippen molar-refractivity contribution in [1.29, 1.82) is 0 Å². The molecule has 7 nitrogen and oxygen atoms in total. The molecule has 2 aromatic heterocycles. The van der Waals surface area contributed by atoms with E-state index < -0.39 is 17.6 Å². The fraction of sp³-hybridized carbons (Fsp3) is 0.250. The summed E-state index contributed by atoms with van der Waals surface area (Å²) in [5.41, 5.74) is 3.18. The molecular weight excluding hydrogens is 525 g/mol. The third-order valence-electron chi connectivity index (χ3n) is 6.71. The minimum Gasteiger partial charge on any atom is -0.366 e. The number of thiophene rings is 1. The van der Waals surface area contributed by atoms with E-state index in [2.05, 4.69) is 26.6 Å². The average molecular weight is 551 g/mol. The second kappa shape index (κ2) is 9.57. The maximum Gasteiger partial charge on any atom is 0.416 e. The number of carbonyl (C=O) groups excluding carboxylic acids is 1. The number of hydrogen-bond acceptors (Lipinski definition) is 6. The Morgan fingerprint density at radius 1 is 1.08 bits per heavy atom. The van der Waals surface area contributed by atoms with Crippen molar-refractivity contribution in [2.75, 3.05) is 16.9 Å². The van der Waals surface area contributed by atoms with Gasteiger partial charge in [0.25, 0.3) is 5.91 Å². The lowest BCUT2D eigenvalue weighted by molar-refractivity contribution is -0.137. The first-order chi connectivity index (χ1) is 18.7. The summed E-state index contributed by atoms with van der Waals surface area (Å²) in [4.78, 5) is 25.2. The van der Waals surface area contributed by atoms with Crippen molar-refractivity contribution in [3.63, 3.8) is 0 Å². The van der Waals surface area contributed by atoms with Crippen molar-refractivity contribution in [2.24, 2.45) is 4.99 Å². The number of rotatable bonds is 5. The van der Waals surface area contributed by atoms with E-state index in [1.165, 1.54) is 17.0 Å². The lowest BCUT2D eigenvalue weighted by Crippen LogP contribution is -2.33. The van der Waals surface area contributed by atoms with E-state index in [0.29, 0.717) is 24.1 Å². The fourth-order valence-electron chi connectivity index (χ4n) is 4.52. The van der Waals surface area contributed by atoms with Gasteiger partial charge >= 0.3 is 6.18 Å². The van der Waals surface area contributed by atoms with Crippen molar-refractivity contribution >= 4 is 40.1 Å². The Balaban J connectivity index is 1.29. The van der Waals surface area contributed by atoms with Gasteiger partial charge in [-0.05, 0) is 74.0 Å². The molecule has 1 aliphatic heterocycles. The zero-order valence-corrected chi connectivity index (χ0v) is 22.0. The van der Waals surface area contributed by atoms with Gasteiger partial charge in [-0.2, -0.15) is 13.2 Å². The first-order valence-corrected chi connectivity index (χ1v) is 13.4. The average Bonchev–Trinajstić information content (AvgIpc) is 3.38. The van der Waals surface area contributed by atoms with Crippen molar-refractivity contribution in [3.05, 3.63) is 87.6 Å². The van der Waals surface area contributed by atoms with E-state index in [0.717, 1.165) is 52.6 Å². The second-order valence-electron chi connectivity index (χ2n) is 9.77. The summed E-state index contributed by atoms with van der Waals surface area (Å²) in [6, 6.07) is 11.3. The quantitative estimate of drug-likeness (QED) is 0.300. The summed E-state index contributed by atoms with van der Waals surface area (Å²) in [5.74, 6) is 0.270. The number of imidazole rings is 1. The van der Waals surface area contributed by atoms with Gasteiger partial charge in [-0.25, -0.2) is 9.98 Å². The van der Waals surface area contributed by atoms with Gasteiger partial charge in [0, 0.05) is 34.9 Å². The van der Waals surface area contributed by atoms with Gasteiger partial charge in [-0.3, -0.25) is 4.79 Å². The summed E-state index contributed by atoms with van der Waals surface area (Å²) in [6.45, 7) is 4.13. The van der Waals surface area contributed by atoms with Crippen LogP contribution in [0.1, 0.15) is 44.9 Å². The monoisotopic (exact) mass is 550 g/mol. The minimum atomic E-state index is -4.61. The predicted molar refractivity (Wildman–Crippen MR) is 146 cm³/mol. The number of carbonyl (C=O) groups is 1. The molecule has 4 aromatic rings. The zero-order valence-electron chi connectivity index (χ0n) is 21.2. The van der Waals surface area contributed by atoms with Gasteiger partial charge < -0.3 is 20.1 Å². The van der Waals surface area contributed by atoms with Gasteiger partial charge in [0.15, 0.2) is 0 Å². The Bertz CT molecular complexity index is 1600. The number of aliphatic imine (C=N–C) groups is 1. The topological polar surface area (TPSA) is 74.6 Å². The molecule has 2 N–H and O–H groups in total. The third-order valence-corrected chi connectivity index (χ3v) is 7.62. The molecule has 0 saturated heterocycles. The van der Waals surface area contributed by atoms with Crippen LogP contribution in [0.5, 0.6) is 0 Å². The fourth-order valence-corrected chi connectivity index (χ4v) is 5.39. The van der Waals surface area contributed by atoms with Crippen molar-refractivity contribution in [2.45, 2.75) is 38.9 Å². The lowest BCUT2D eigenvalue weighted by Gasteiger charge is -2.29. The molecule has 1 aliphatic carbocycles. The van der Waals surface area contributed by atoms with E-state index in [1.54, 1.807) is 30.5 Å². The van der Waals surface area contributed by atoms with Crippen LogP contribution in [0.4, 0.5) is 30.2 Å². The molecule has 2 aromatic carbocycles. The van der Waals surface area contributed by atoms with Crippen molar-refractivity contribution < 1.29 is 18.0 Å². The zero-order chi connectivity index (χ0) is 27.3. The number of aryl methyl sites for hydroxylation is 2. The first-order valence-electron chi connectivity index (χ1n) is 12.5. The van der Waals surface area contributed by atoms with Gasteiger partial charge in [0.1, 0.15) is 12.5 Å². The molecule has 1 fully saturated rings. The predicted octanol–water partition coefficient (Wildman–Crippen LogP) is 6.43. The molecule has 0 atom stereocenters. The van der Waals surface area contributed by atoms with Gasteiger partial charge in [-0.15, -0.1) is 11.3 Å². The van der Waals surface area contributed by atoms with Gasteiger partial charge in [-0.1, -0.05) is 6.07 Å². The second-order valence-corrected chi connectivity index (χ2v) is 10.7. The van der Waals surface area contributed by atoms with Crippen molar-refractivity contribution in [1.82, 2.24) is 14.9 Å². The summed E-state index contributed by atoms with van der Waals surface area (Å²) >= 11 is 1.62. The third kappa shape index (κ3) is 5.14. The highest BCUT2D eigenvalue weighted by molar-refractivity contribution is 7.12. The Labute approximate surface area is 227 Å². The van der Waals surface area contributed by atoms with Gasteiger partial charge in [0.05, 0.1) is 28.1 Å². The summed E-state index contributed by atoms with van der Waals surface area (Å²) in [7, 11) is 0. The molecule has 0 spiro atoms. The summed E-state index contributed by atoms with van der Waals surface area (Å²) in [5, 5.41) is 8.31. The molecule has 11 heteroatoms. The van der Waals surface area contributed by atoms with E-state index in [1.807, 2.05) is 24.4 Å². The Morgan fingerprint density at radius 3 is 2.62 bits per heavy atom. The Hall–Kier alpha value is -4.12. The maximum atomic E-state index is 13.7. The molecule has 200 valence electrons. The van der Waals surface area contributed by atoms with E-state index in [4.69, 9.17) is 4.99 Å². The molecule has 2 aliphatic rings. The molecule has 1 amide bonds. The van der Waals surface area contributed by atoms with Crippen LogP contribution in [0.15, 0.2) is 65.4 Å². The highest BCUT2D eigenvalue weighted by Gasteiger charge is 2.32. The number of nitrogens with one attached hydrogen (secondary N) is 2. The van der Waals surface area contributed by atoms with Gasteiger partial charge in [0.2, 0.25) is 0 Å². The standard InChI is InChI=1S/C28H25F3N6OS/c1-16-3-4-21(12-24(16)37-15-33-26(34-20-5-6-20)25-23(37)7-8-39-25)35-27(38)18-9-19(28(29,30)31)11-22(10-18)36-13-17(2)32-14-36/h3-4,7-14,20H,5-6,15H2,1-2H3,(H,33,34)(H,35,38). The number of amidine groups is 1. The molecule has 1 saturated carbocycles. The van der Waals surface area contributed by atoms with Crippen LogP contribution in [0, 0.1) is 13.8 Å². The Morgan fingerprint density at radius 2 is 1.90 bits per heavy atom. The van der Waals surface area contributed by atoms with Crippen LogP contribution < -0.4 is 15.5 Å². The van der Waals surface area contributed by atoms with Crippen LogP contribution in [0.3, 0.4) is 0 Å². The number of hydrogen-bond donors (Lipinski definition) is 2. The molecule has 0 radical (unpaired) electrons. The van der Waals surface area contributed by atoms with Crippen LogP contribution >= 0.6 is 11.3 Å². The van der Waals surface area contributed by atoms with Crippen LogP contribution in [-0.2, 0) is 6.18 Å². The smallest absolute Gasteiger partial charge is 0.366 e. The first kappa shape index (κ1) is 25.2. The number of halogens is 3. The Kier molecular flexibility index (Phi) is 6.17. The van der Waals surface area contributed by atoms with E-state index >= 15 is 0 Å². The summed E-state index contributed by atoms with van der Waals surface area (Å²) < 4.78 is 42.5. The number of aromatic nitrogens is 2. The highest BCUT2D eigenvalue weighted by atomic mass is 32.1.